The van der Waals surface area contributed by atoms with E-state index in [0.29, 0.717) is 0 Å². The Hall–Kier alpha value is -2.08. The molecule has 0 aliphatic heterocycles. The van der Waals surface area contributed by atoms with E-state index in [9.17, 15) is 0 Å². The van der Waals surface area contributed by atoms with E-state index in [1.807, 2.05) is 0 Å². The molecule has 0 atom stereocenters. The Balaban J connectivity index is 0.00000132. The molecule has 0 heteroatoms. The molecule has 2 aliphatic rings. The van der Waals surface area contributed by atoms with Crippen LogP contribution in [0.4, 0.5) is 0 Å². The Morgan fingerprint density at radius 3 is 2.90 bits per heavy atom. The van der Waals surface area contributed by atoms with E-state index in [0.717, 1.165) is 19.3 Å². The summed E-state index contributed by atoms with van der Waals surface area (Å²) in [6.07, 6.45) is 10.1. The van der Waals surface area contributed by atoms with Gasteiger partial charge in [-0.3, -0.25) is 0 Å². The first-order chi connectivity index (χ1) is 9.74. The summed E-state index contributed by atoms with van der Waals surface area (Å²) in [4.78, 5) is 0. The second-order valence-corrected chi connectivity index (χ2v) is 6.01. The van der Waals surface area contributed by atoms with Gasteiger partial charge in [-0.05, 0) is 64.8 Å². The van der Waals surface area contributed by atoms with Gasteiger partial charge in [0, 0.05) is 0 Å². The van der Waals surface area contributed by atoms with E-state index < -0.39 is 0 Å². The van der Waals surface area contributed by atoms with Gasteiger partial charge in [-0.15, -0.1) is 0 Å². The molecule has 2 aromatic carbocycles. The lowest BCUT2D eigenvalue weighted by molar-refractivity contribution is 1.14. The van der Waals surface area contributed by atoms with Crippen LogP contribution in [0.5, 0.6) is 0 Å². The average molecular weight is 274 g/mol. The van der Waals surface area contributed by atoms with Crippen molar-refractivity contribution in [2.45, 2.75) is 33.6 Å². The summed E-state index contributed by atoms with van der Waals surface area (Å²) in [5.74, 6) is 0. The van der Waals surface area contributed by atoms with E-state index in [2.05, 4.69) is 56.0 Å². The topological polar surface area (TPSA) is 0 Å². The number of hydrogen-bond acceptors (Lipinski definition) is 0. The van der Waals surface area contributed by atoms with Crippen molar-refractivity contribution in [1.82, 2.24) is 0 Å². The molecule has 0 heterocycles. The molecule has 0 spiro atoms. The Morgan fingerprint density at radius 1 is 1.24 bits per heavy atom. The summed E-state index contributed by atoms with van der Waals surface area (Å²) in [5.41, 5.74) is 8.54. The van der Waals surface area contributed by atoms with E-state index in [4.69, 9.17) is 0 Å². The van der Waals surface area contributed by atoms with Crippen LogP contribution < -0.4 is 0 Å². The molecule has 106 valence electrons. The molecule has 0 saturated carbocycles. The number of allylic oxidation sites excluding steroid dienone is 4. The Morgan fingerprint density at radius 2 is 2.10 bits per heavy atom. The fraction of sp³-hybridized carbons (Fsp3) is 0.238. The van der Waals surface area contributed by atoms with Gasteiger partial charge in [0.15, 0.2) is 0 Å². The van der Waals surface area contributed by atoms with Crippen LogP contribution in [0, 0.1) is 0 Å². The van der Waals surface area contributed by atoms with Crippen LogP contribution in [-0.4, -0.2) is 0 Å². The highest BCUT2D eigenvalue weighted by molar-refractivity contribution is 6.03. The second kappa shape index (κ2) is 5.04. The largest absolute Gasteiger partial charge is 0.0998 e. The fourth-order valence-corrected chi connectivity index (χ4v) is 3.60. The van der Waals surface area contributed by atoms with E-state index in [1.54, 1.807) is 0 Å². The fourth-order valence-electron chi connectivity index (χ4n) is 3.60. The molecule has 0 radical (unpaired) electrons. The van der Waals surface area contributed by atoms with Crippen molar-refractivity contribution in [3.8, 4) is 0 Å². The highest BCUT2D eigenvalue weighted by Crippen LogP contribution is 2.42. The van der Waals surface area contributed by atoms with E-state index in [-0.39, 0.29) is 7.43 Å². The third kappa shape index (κ3) is 2.06. The minimum Gasteiger partial charge on any atom is -0.0998 e. The molecule has 0 N–H and O–H groups in total. The molecule has 0 saturated heterocycles. The zero-order valence-electron chi connectivity index (χ0n) is 11.9. The van der Waals surface area contributed by atoms with Gasteiger partial charge in [0.2, 0.25) is 0 Å². The van der Waals surface area contributed by atoms with Gasteiger partial charge >= 0.3 is 0 Å². The van der Waals surface area contributed by atoms with Gasteiger partial charge in [0.25, 0.3) is 0 Å². The summed E-state index contributed by atoms with van der Waals surface area (Å²) < 4.78 is 0. The quantitative estimate of drug-likeness (QED) is 0.593. The van der Waals surface area contributed by atoms with Gasteiger partial charge < -0.3 is 0 Å². The summed E-state index contributed by atoms with van der Waals surface area (Å²) in [5, 5.41) is 2.87. The van der Waals surface area contributed by atoms with Crippen molar-refractivity contribution < 1.29 is 0 Å². The maximum atomic E-state index is 4.09. The molecular formula is C21H22. The number of hydrogen-bond donors (Lipinski definition) is 0. The molecule has 21 heavy (non-hydrogen) atoms. The van der Waals surface area contributed by atoms with Crippen molar-refractivity contribution in [2.75, 3.05) is 0 Å². The van der Waals surface area contributed by atoms with Crippen molar-refractivity contribution in [1.29, 1.82) is 0 Å². The van der Waals surface area contributed by atoms with Crippen molar-refractivity contribution in [2.24, 2.45) is 0 Å². The van der Waals surface area contributed by atoms with E-state index in [1.165, 1.54) is 44.2 Å². The van der Waals surface area contributed by atoms with Gasteiger partial charge in [-0.1, -0.05) is 62.1 Å². The lowest BCUT2D eigenvalue weighted by Crippen LogP contribution is -2.06. The lowest BCUT2D eigenvalue weighted by atomic mass is 9.79. The normalized spacial score (nSPS) is 14.6. The third-order valence-electron chi connectivity index (χ3n) is 4.38. The first-order valence-corrected chi connectivity index (χ1v) is 7.32. The zero-order chi connectivity index (χ0) is 13.7. The van der Waals surface area contributed by atoms with Gasteiger partial charge in [-0.25, -0.2) is 0 Å². The average Bonchev–Trinajstić information content (AvgIpc) is 2.45. The van der Waals surface area contributed by atoms with E-state index >= 15 is 0 Å². The minimum atomic E-state index is 0. The Labute approximate surface area is 127 Å². The van der Waals surface area contributed by atoms with Gasteiger partial charge in [-0.2, -0.15) is 0 Å². The molecule has 0 unspecified atom stereocenters. The molecule has 0 amide bonds. The standard InChI is InChI=1S/C20H18.CH4/c1-13(2)11-17-12-16-7-3-5-14-9-10-15-6-4-8-18(17)20(15)19(14)16;/h3-5,7-8,10,12H,1,6,9,11H2,2H3;1H4. The summed E-state index contributed by atoms with van der Waals surface area (Å²) in [6.45, 7) is 6.20. The van der Waals surface area contributed by atoms with Crippen LogP contribution in [-0.2, 0) is 12.8 Å². The molecular weight excluding hydrogens is 252 g/mol. The molecule has 0 fully saturated rings. The summed E-state index contributed by atoms with van der Waals surface area (Å²) in [6, 6.07) is 9.08. The summed E-state index contributed by atoms with van der Waals surface area (Å²) in [7, 11) is 0. The zero-order valence-corrected chi connectivity index (χ0v) is 11.9. The first-order valence-electron chi connectivity index (χ1n) is 7.32. The van der Waals surface area contributed by atoms with Crippen LogP contribution in [0.1, 0.15) is 43.0 Å². The molecule has 0 aromatic heterocycles. The maximum absolute atomic E-state index is 4.09. The second-order valence-electron chi connectivity index (χ2n) is 6.01. The predicted octanol–water partition coefficient (Wildman–Crippen LogP) is 5.95. The maximum Gasteiger partial charge on any atom is -0.00662 e. The first kappa shape index (κ1) is 13.9. The third-order valence-corrected chi connectivity index (χ3v) is 4.38. The molecule has 2 aliphatic carbocycles. The Bertz CT molecular complexity index is 800. The molecule has 2 aromatic rings. The van der Waals surface area contributed by atoms with Crippen molar-refractivity contribution in [3.63, 3.8) is 0 Å². The minimum absolute atomic E-state index is 0. The van der Waals surface area contributed by atoms with Crippen LogP contribution in [0.2, 0.25) is 0 Å². The highest BCUT2D eigenvalue weighted by Gasteiger charge is 2.21. The van der Waals surface area contributed by atoms with Gasteiger partial charge in [0.05, 0.1) is 0 Å². The van der Waals surface area contributed by atoms with Gasteiger partial charge in [0.1, 0.15) is 0 Å². The molecule has 4 rings (SSSR count). The van der Waals surface area contributed by atoms with Crippen LogP contribution >= 0.6 is 0 Å². The highest BCUT2D eigenvalue weighted by atomic mass is 14.2. The predicted molar refractivity (Wildman–Crippen MR) is 94.5 cm³/mol. The SMILES string of the molecule is C.C=C(C)Cc1cc2cccc3c2c2c1C=CCC2=CC3. The van der Waals surface area contributed by atoms with Crippen LogP contribution in [0.3, 0.4) is 0 Å². The smallest absolute Gasteiger partial charge is 0.00662 e. The molecule has 0 nitrogen and oxygen atoms in total. The van der Waals surface area contributed by atoms with Crippen molar-refractivity contribution >= 4 is 22.4 Å². The van der Waals surface area contributed by atoms with Crippen LogP contribution in [0.15, 0.2) is 48.6 Å². The Kier molecular flexibility index (Phi) is 3.33. The monoisotopic (exact) mass is 274 g/mol. The van der Waals surface area contributed by atoms with Crippen LogP contribution in [0.25, 0.3) is 22.4 Å². The summed E-state index contributed by atoms with van der Waals surface area (Å²) >= 11 is 0. The van der Waals surface area contributed by atoms with Crippen molar-refractivity contribution in [3.05, 3.63) is 70.8 Å². The number of rotatable bonds is 2. The molecule has 0 bridgehead atoms. The lowest BCUT2D eigenvalue weighted by Gasteiger charge is -2.25. The number of benzene rings is 2.